The molecule has 0 heterocycles. The third-order valence-electron chi connectivity index (χ3n) is 5.37. The molecule has 0 aromatic carbocycles. The molecule has 0 bridgehead atoms. The summed E-state index contributed by atoms with van der Waals surface area (Å²) in [7, 11) is 0. The van der Waals surface area contributed by atoms with Crippen molar-refractivity contribution in [3.8, 4) is 0 Å². The Kier molecular flexibility index (Phi) is 18.7. The molecule has 0 saturated carbocycles. The van der Waals surface area contributed by atoms with Crippen molar-refractivity contribution in [2.24, 2.45) is 11.8 Å². The monoisotopic (exact) mass is 353 g/mol. The fraction of sp³-hybridized carbons (Fsp3) is 1.00. The van der Waals surface area contributed by atoms with Gasteiger partial charge in [0.25, 0.3) is 0 Å². The van der Waals surface area contributed by atoms with Gasteiger partial charge in [-0.25, -0.2) is 0 Å². The van der Waals surface area contributed by atoms with Crippen LogP contribution in [0, 0.1) is 11.8 Å². The fourth-order valence-electron chi connectivity index (χ4n) is 3.39. The molecule has 0 aliphatic heterocycles. The van der Waals surface area contributed by atoms with Gasteiger partial charge in [0.05, 0.1) is 0 Å². The number of rotatable bonds is 19. The first-order chi connectivity index (χ1) is 12.1. The van der Waals surface area contributed by atoms with E-state index in [2.05, 4.69) is 39.5 Å². The summed E-state index contributed by atoms with van der Waals surface area (Å²) in [6.45, 7) is 15.7. The smallest absolute Gasteiger partial charge is 0.00163 e. The highest BCUT2D eigenvalue weighted by Gasteiger charge is 2.07. The zero-order chi connectivity index (χ0) is 18.8. The molecule has 1 nitrogen and oxygen atoms in total. The quantitative estimate of drug-likeness (QED) is 0.212. The summed E-state index contributed by atoms with van der Waals surface area (Å²) in [6, 6.07) is 0. The van der Waals surface area contributed by atoms with E-state index in [1.54, 1.807) is 0 Å². The topological polar surface area (TPSA) is 3.24 Å². The zero-order valence-corrected chi connectivity index (χ0v) is 18.6. The normalized spacial score (nSPS) is 12.0. The Hall–Kier alpha value is -0.0400. The summed E-state index contributed by atoms with van der Waals surface area (Å²) >= 11 is 0. The largest absolute Gasteiger partial charge is 0.303 e. The number of nitrogens with zero attached hydrogens (tertiary/aromatic N) is 1. The van der Waals surface area contributed by atoms with Gasteiger partial charge in [-0.2, -0.15) is 0 Å². The van der Waals surface area contributed by atoms with Crippen molar-refractivity contribution in [1.82, 2.24) is 4.90 Å². The Labute approximate surface area is 161 Å². The SMILES string of the molecule is CCCCCCCCCCCCCCN(CCC(C)C)CCC(C)C. The second-order valence-electron chi connectivity index (χ2n) is 9.10. The van der Waals surface area contributed by atoms with Crippen LogP contribution in [0.1, 0.15) is 125 Å². The van der Waals surface area contributed by atoms with E-state index in [0.717, 1.165) is 11.8 Å². The third kappa shape index (κ3) is 20.1. The van der Waals surface area contributed by atoms with Crippen LogP contribution in [0.3, 0.4) is 0 Å². The Balaban J connectivity index is 3.50. The molecule has 0 unspecified atom stereocenters. The Morgan fingerprint density at radius 2 is 0.840 bits per heavy atom. The minimum absolute atomic E-state index is 0.837. The van der Waals surface area contributed by atoms with Gasteiger partial charge in [-0.15, -0.1) is 0 Å². The van der Waals surface area contributed by atoms with Gasteiger partial charge >= 0.3 is 0 Å². The highest BCUT2D eigenvalue weighted by atomic mass is 15.1. The molecule has 0 aliphatic carbocycles. The molecule has 0 atom stereocenters. The average Bonchev–Trinajstić information content (AvgIpc) is 2.57. The van der Waals surface area contributed by atoms with Crippen LogP contribution in [0.15, 0.2) is 0 Å². The molecule has 0 saturated heterocycles. The van der Waals surface area contributed by atoms with Gasteiger partial charge in [-0.05, 0) is 50.7 Å². The Morgan fingerprint density at radius 3 is 1.20 bits per heavy atom. The zero-order valence-electron chi connectivity index (χ0n) is 18.6. The second-order valence-corrected chi connectivity index (χ2v) is 9.10. The van der Waals surface area contributed by atoms with E-state index in [9.17, 15) is 0 Å². The average molecular weight is 354 g/mol. The molecule has 1 heteroatoms. The molecule has 0 spiro atoms. The van der Waals surface area contributed by atoms with E-state index in [0.29, 0.717) is 0 Å². The van der Waals surface area contributed by atoms with Crippen LogP contribution in [0.2, 0.25) is 0 Å². The van der Waals surface area contributed by atoms with Gasteiger partial charge in [-0.1, -0.05) is 105 Å². The summed E-state index contributed by atoms with van der Waals surface area (Å²) in [4.78, 5) is 2.73. The Bertz CT molecular complexity index is 234. The van der Waals surface area contributed by atoms with Crippen molar-refractivity contribution in [2.75, 3.05) is 19.6 Å². The van der Waals surface area contributed by atoms with Crippen LogP contribution in [0.4, 0.5) is 0 Å². The number of unbranched alkanes of at least 4 members (excludes halogenated alkanes) is 11. The van der Waals surface area contributed by atoms with Crippen LogP contribution in [0.5, 0.6) is 0 Å². The molecule has 25 heavy (non-hydrogen) atoms. The minimum atomic E-state index is 0.837. The lowest BCUT2D eigenvalue weighted by Crippen LogP contribution is -2.28. The van der Waals surface area contributed by atoms with Crippen molar-refractivity contribution in [2.45, 2.75) is 125 Å². The van der Waals surface area contributed by atoms with Gasteiger partial charge in [-0.3, -0.25) is 0 Å². The molecule has 0 N–H and O–H groups in total. The van der Waals surface area contributed by atoms with Crippen molar-refractivity contribution < 1.29 is 0 Å². The molecular weight excluding hydrogens is 302 g/mol. The van der Waals surface area contributed by atoms with Crippen molar-refractivity contribution in [1.29, 1.82) is 0 Å². The molecule has 0 rings (SSSR count). The minimum Gasteiger partial charge on any atom is -0.303 e. The van der Waals surface area contributed by atoms with Gasteiger partial charge < -0.3 is 4.90 Å². The molecule has 0 amide bonds. The van der Waals surface area contributed by atoms with Crippen LogP contribution in [0.25, 0.3) is 0 Å². The standard InChI is InChI=1S/C24H51N/c1-6-7-8-9-10-11-12-13-14-15-16-17-20-25(21-18-23(2)3)22-19-24(4)5/h23-24H,6-22H2,1-5H3. The molecular formula is C24H51N. The lowest BCUT2D eigenvalue weighted by atomic mass is 10.0. The molecule has 0 aromatic rings. The summed E-state index contributed by atoms with van der Waals surface area (Å²) in [5.74, 6) is 1.67. The van der Waals surface area contributed by atoms with E-state index in [-0.39, 0.29) is 0 Å². The van der Waals surface area contributed by atoms with E-state index in [1.807, 2.05) is 0 Å². The third-order valence-corrected chi connectivity index (χ3v) is 5.37. The second kappa shape index (κ2) is 18.7. The summed E-state index contributed by atoms with van der Waals surface area (Å²) in [6.07, 6.45) is 20.1. The molecule has 0 radical (unpaired) electrons. The van der Waals surface area contributed by atoms with Crippen LogP contribution in [-0.4, -0.2) is 24.5 Å². The van der Waals surface area contributed by atoms with Crippen LogP contribution < -0.4 is 0 Å². The lowest BCUT2D eigenvalue weighted by molar-refractivity contribution is 0.238. The molecule has 0 aliphatic rings. The van der Waals surface area contributed by atoms with Gasteiger partial charge in [0.2, 0.25) is 0 Å². The van der Waals surface area contributed by atoms with E-state index < -0.39 is 0 Å². The maximum atomic E-state index is 2.73. The van der Waals surface area contributed by atoms with E-state index in [4.69, 9.17) is 0 Å². The van der Waals surface area contributed by atoms with Gasteiger partial charge in [0, 0.05) is 0 Å². The van der Waals surface area contributed by atoms with Crippen molar-refractivity contribution in [3.05, 3.63) is 0 Å². The highest BCUT2D eigenvalue weighted by Crippen LogP contribution is 2.13. The lowest BCUT2D eigenvalue weighted by Gasteiger charge is -2.24. The fourth-order valence-corrected chi connectivity index (χ4v) is 3.39. The predicted octanol–water partition coefficient (Wildman–Crippen LogP) is 8.08. The molecule has 0 aromatic heterocycles. The van der Waals surface area contributed by atoms with E-state index >= 15 is 0 Å². The summed E-state index contributed by atoms with van der Waals surface area (Å²) < 4.78 is 0. The predicted molar refractivity (Wildman–Crippen MR) is 116 cm³/mol. The number of hydrogen-bond donors (Lipinski definition) is 0. The van der Waals surface area contributed by atoms with E-state index in [1.165, 1.54) is 110 Å². The molecule has 152 valence electrons. The van der Waals surface area contributed by atoms with Crippen molar-refractivity contribution >= 4 is 0 Å². The summed E-state index contributed by atoms with van der Waals surface area (Å²) in [5.41, 5.74) is 0. The first kappa shape index (κ1) is 25.0. The molecule has 0 fully saturated rings. The maximum absolute atomic E-state index is 2.73. The first-order valence-electron chi connectivity index (χ1n) is 11.8. The van der Waals surface area contributed by atoms with Gasteiger partial charge in [0.1, 0.15) is 0 Å². The van der Waals surface area contributed by atoms with Crippen molar-refractivity contribution in [3.63, 3.8) is 0 Å². The maximum Gasteiger partial charge on any atom is -0.00163 e. The van der Waals surface area contributed by atoms with Crippen LogP contribution in [-0.2, 0) is 0 Å². The van der Waals surface area contributed by atoms with Gasteiger partial charge in [0.15, 0.2) is 0 Å². The van der Waals surface area contributed by atoms with Crippen LogP contribution >= 0.6 is 0 Å². The highest BCUT2D eigenvalue weighted by molar-refractivity contribution is 4.62. The Morgan fingerprint density at radius 1 is 0.480 bits per heavy atom. The number of hydrogen-bond acceptors (Lipinski definition) is 1. The summed E-state index contributed by atoms with van der Waals surface area (Å²) in [5, 5.41) is 0. The first-order valence-corrected chi connectivity index (χ1v) is 11.8.